The van der Waals surface area contributed by atoms with Gasteiger partial charge in [-0.2, -0.15) is 0 Å². The summed E-state index contributed by atoms with van der Waals surface area (Å²) in [4.78, 5) is 16.3. The first-order valence-corrected chi connectivity index (χ1v) is 7.28. The van der Waals surface area contributed by atoms with Gasteiger partial charge < -0.3 is 15.5 Å². The van der Waals surface area contributed by atoms with Crippen LogP contribution in [0.2, 0.25) is 0 Å². The molecule has 3 rings (SSSR count). The molecule has 0 bridgehead atoms. The van der Waals surface area contributed by atoms with Crippen LogP contribution in [0.25, 0.3) is 11.3 Å². The van der Waals surface area contributed by atoms with Gasteiger partial charge in [0.15, 0.2) is 12.2 Å². The quantitative estimate of drug-likeness (QED) is 0.905. The fourth-order valence-corrected chi connectivity index (χ4v) is 3.01. The summed E-state index contributed by atoms with van der Waals surface area (Å²) < 4.78 is 5.27. The summed E-state index contributed by atoms with van der Waals surface area (Å²) in [7, 11) is 0. The van der Waals surface area contributed by atoms with Crippen LogP contribution in [0.15, 0.2) is 41.3 Å². The van der Waals surface area contributed by atoms with Gasteiger partial charge in [-0.15, -0.1) is 0 Å². The van der Waals surface area contributed by atoms with E-state index < -0.39 is 0 Å². The van der Waals surface area contributed by atoms with Crippen molar-refractivity contribution in [3.8, 4) is 11.3 Å². The summed E-state index contributed by atoms with van der Waals surface area (Å²) in [5, 5.41) is 2.99. The lowest BCUT2D eigenvalue weighted by molar-refractivity contribution is -0.120. The first-order chi connectivity index (χ1) is 10.3. The second-order valence-corrected chi connectivity index (χ2v) is 5.47. The highest BCUT2D eigenvalue weighted by Crippen LogP contribution is 2.32. The maximum atomic E-state index is 12.4. The summed E-state index contributed by atoms with van der Waals surface area (Å²) in [5.41, 5.74) is 7.41. The Kier molecular flexibility index (Phi) is 4.01. The third-order valence-electron chi connectivity index (χ3n) is 4.15. The van der Waals surface area contributed by atoms with Gasteiger partial charge in [0.1, 0.15) is 0 Å². The van der Waals surface area contributed by atoms with Crippen LogP contribution in [0.3, 0.4) is 0 Å². The zero-order chi connectivity index (χ0) is 14.7. The summed E-state index contributed by atoms with van der Waals surface area (Å²) in [5.74, 6) is 1.09. The van der Waals surface area contributed by atoms with Crippen molar-refractivity contribution in [2.45, 2.75) is 19.3 Å². The molecule has 5 heteroatoms. The maximum Gasteiger partial charge on any atom is 0.227 e. The Bertz CT molecular complexity index is 610. The average Bonchev–Trinajstić information content (AvgIpc) is 3.18. The Morgan fingerprint density at radius 1 is 1.43 bits per heavy atom. The Balaban J connectivity index is 1.73. The van der Waals surface area contributed by atoms with Crippen LogP contribution in [0, 0.1) is 11.8 Å². The Morgan fingerprint density at radius 3 is 3.10 bits per heavy atom. The number of benzene rings is 1. The number of aromatic nitrogens is 1. The van der Waals surface area contributed by atoms with E-state index >= 15 is 0 Å². The first-order valence-electron chi connectivity index (χ1n) is 7.28. The molecule has 2 atom stereocenters. The van der Waals surface area contributed by atoms with Crippen LogP contribution < -0.4 is 11.1 Å². The van der Waals surface area contributed by atoms with E-state index in [9.17, 15) is 4.79 Å². The van der Waals surface area contributed by atoms with E-state index in [0.717, 1.165) is 30.5 Å². The van der Waals surface area contributed by atoms with E-state index in [1.54, 1.807) is 6.20 Å². The van der Waals surface area contributed by atoms with Crippen molar-refractivity contribution in [3.63, 3.8) is 0 Å². The number of hydrogen-bond donors (Lipinski definition) is 2. The molecule has 1 aromatic carbocycles. The number of hydrogen-bond acceptors (Lipinski definition) is 4. The molecule has 3 N–H and O–H groups in total. The number of oxazole rings is 1. The van der Waals surface area contributed by atoms with E-state index in [-0.39, 0.29) is 11.8 Å². The van der Waals surface area contributed by atoms with Crippen molar-refractivity contribution in [3.05, 3.63) is 36.9 Å². The lowest BCUT2D eigenvalue weighted by Crippen LogP contribution is -2.29. The minimum Gasteiger partial charge on any atom is -0.444 e. The number of nitrogens with one attached hydrogen (secondary N) is 1. The predicted octanol–water partition coefficient (Wildman–Crippen LogP) is 2.66. The van der Waals surface area contributed by atoms with Gasteiger partial charge in [0.2, 0.25) is 5.91 Å². The van der Waals surface area contributed by atoms with Crippen LogP contribution in [0.1, 0.15) is 19.3 Å². The highest BCUT2D eigenvalue weighted by Gasteiger charge is 2.31. The fourth-order valence-electron chi connectivity index (χ4n) is 3.01. The van der Waals surface area contributed by atoms with E-state index in [1.807, 2.05) is 24.3 Å². The summed E-state index contributed by atoms with van der Waals surface area (Å²) in [6.45, 7) is 0.580. The molecule has 1 saturated carbocycles. The molecule has 1 heterocycles. The number of nitrogens with zero attached hydrogens (tertiary/aromatic N) is 1. The van der Waals surface area contributed by atoms with Crippen LogP contribution in [0.5, 0.6) is 0 Å². The molecule has 1 aliphatic rings. The van der Waals surface area contributed by atoms with Gasteiger partial charge in [0, 0.05) is 17.2 Å². The van der Waals surface area contributed by atoms with Crippen molar-refractivity contribution in [2.24, 2.45) is 17.6 Å². The number of carbonyl (C=O) groups is 1. The number of anilines is 1. The highest BCUT2D eigenvalue weighted by atomic mass is 16.3. The number of rotatable bonds is 4. The minimum atomic E-state index is 0.0314. The third kappa shape index (κ3) is 2.97. The normalized spacial score (nSPS) is 21.4. The maximum absolute atomic E-state index is 12.4. The predicted molar refractivity (Wildman–Crippen MR) is 80.5 cm³/mol. The van der Waals surface area contributed by atoms with E-state index in [0.29, 0.717) is 18.2 Å². The Labute approximate surface area is 123 Å². The standard InChI is InChI=1S/C16H19N3O2/c17-8-12-4-2-6-14(12)16(20)19-13-5-1-3-11(7-13)15-9-18-10-21-15/h1,3,5,7,9-10,12,14H,2,4,6,8,17H2,(H,19,20). The van der Waals surface area contributed by atoms with E-state index in [1.165, 1.54) is 6.39 Å². The van der Waals surface area contributed by atoms with Crippen LogP contribution >= 0.6 is 0 Å². The lowest BCUT2D eigenvalue weighted by Gasteiger charge is -2.17. The Hall–Kier alpha value is -2.14. The van der Waals surface area contributed by atoms with E-state index in [2.05, 4.69) is 10.3 Å². The Morgan fingerprint density at radius 2 is 2.33 bits per heavy atom. The molecule has 0 saturated heterocycles. The van der Waals surface area contributed by atoms with Crippen molar-refractivity contribution in [1.82, 2.24) is 4.98 Å². The molecule has 21 heavy (non-hydrogen) atoms. The zero-order valence-electron chi connectivity index (χ0n) is 11.8. The molecule has 1 amide bonds. The van der Waals surface area contributed by atoms with Crippen LogP contribution in [-0.2, 0) is 4.79 Å². The molecular formula is C16H19N3O2. The number of amides is 1. The van der Waals surface area contributed by atoms with Gasteiger partial charge in [-0.05, 0) is 37.4 Å². The second kappa shape index (κ2) is 6.10. The molecule has 0 aliphatic heterocycles. The third-order valence-corrected chi connectivity index (χ3v) is 4.15. The first kappa shape index (κ1) is 13.8. The van der Waals surface area contributed by atoms with Crippen molar-refractivity contribution in [2.75, 3.05) is 11.9 Å². The van der Waals surface area contributed by atoms with Crippen molar-refractivity contribution < 1.29 is 9.21 Å². The van der Waals surface area contributed by atoms with Crippen molar-refractivity contribution >= 4 is 11.6 Å². The average molecular weight is 285 g/mol. The summed E-state index contributed by atoms with van der Waals surface area (Å²) in [6, 6.07) is 7.59. The molecule has 5 nitrogen and oxygen atoms in total. The number of nitrogens with two attached hydrogens (primary N) is 1. The topological polar surface area (TPSA) is 81.2 Å². The molecular weight excluding hydrogens is 266 g/mol. The van der Waals surface area contributed by atoms with E-state index in [4.69, 9.17) is 10.2 Å². The molecule has 2 aromatic rings. The van der Waals surface area contributed by atoms with Crippen LogP contribution in [0.4, 0.5) is 5.69 Å². The van der Waals surface area contributed by atoms with Gasteiger partial charge >= 0.3 is 0 Å². The monoisotopic (exact) mass is 285 g/mol. The van der Waals surface area contributed by atoms with Gasteiger partial charge in [-0.25, -0.2) is 4.98 Å². The second-order valence-electron chi connectivity index (χ2n) is 5.47. The summed E-state index contributed by atoms with van der Waals surface area (Å²) >= 11 is 0. The molecule has 1 aliphatic carbocycles. The zero-order valence-corrected chi connectivity index (χ0v) is 11.8. The molecule has 0 spiro atoms. The lowest BCUT2D eigenvalue weighted by atomic mass is 9.95. The number of carbonyl (C=O) groups excluding carboxylic acids is 1. The molecule has 110 valence electrons. The molecule has 2 unspecified atom stereocenters. The van der Waals surface area contributed by atoms with Gasteiger partial charge in [0.05, 0.1) is 6.20 Å². The highest BCUT2D eigenvalue weighted by molar-refractivity contribution is 5.93. The molecule has 0 radical (unpaired) electrons. The van der Waals surface area contributed by atoms with Crippen LogP contribution in [-0.4, -0.2) is 17.4 Å². The van der Waals surface area contributed by atoms with Gasteiger partial charge in [-0.3, -0.25) is 4.79 Å². The van der Waals surface area contributed by atoms with Gasteiger partial charge in [0.25, 0.3) is 0 Å². The minimum absolute atomic E-state index is 0.0314. The molecule has 1 fully saturated rings. The SMILES string of the molecule is NCC1CCCC1C(=O)Nc1cccc(-c2cnco2)c1. The van der Waals surface area contributed by atoms with Gasteiger partial charge in [-0.1, -0.05) is 18.6 Å². The fraction of sp³-hybridized carbons (Fsp3) is 0.375. The smallest absolute Gasteiger partial charge is 0.227 e. The molecule has 1 aromatic heterocycles. The largest absolute Gasteiger partial charge is 0.444 e. The van der Waals surface area contributed by atoms with Crippen molar-refractivity contribution in [1.29, 1.82) is 0 Å². The summed E-state index contributed by atoms with van der Waals surface area (Å²) in [6.07, 6.45) is 6.10.